The summed E-state index contributed by atoms with van der Waals surface area (Å²) >= 11 is 1.34. The predicted molar refractivity (Wildman–Crippen MR) is 80.3 cm³/mol. The first-order chi connectivity index (χ1) is 10.7. The standard InChI is InChI=1S/C14H10FN5OS/c1-9-16-18-14(22-9)20-13(12(8-21)17-19-20)7-4-10-2-5-11(15)6-3-10/h2-8H,1H3/b7-4+. The van der Waals surface area contributed by atoms with Gasteiger partial charge in [0.05, 0.1) is 0 Å². The molecule has 0 saturated heterocycles. The topological polar surface area (TPSA) is 73.6 Å². The van der Waals surface area contributed by atoms with Crippen LogP contribution in [-0.4, -0.2) is 31.5 Å². The zero-order valence-electron chi connectivity index (χ0n) is 11.5. The van der Waals surface area contributed by atoms with E-state index in [1.54, 1.807) is 24.3 Å². The fourth-order valence-electron chi connectivity index (χ4n) is 1.80. The summed E-state index contributed by atoms with van der Waals surface area (Å²) in [5.41, 5.74) is 1.49. The molecular formula is C14H10FN5OS. The predicted octanol–water partition coefficient (Wildman–Crippen LogP) is 2.55. The van der Waals surface area contributed by atoms with Gasteiger partial charge >= 0.3 is 0 Å². The van der Waals surface area contributed by atoms with Gasteiger partial charge in [0.15, 0.2) is 12.0 Å². The minimum atomic E-state index is -0.304. The number of carbonyl (C=O) groups is 1. The lowest BCUT2D eigenvalue weighted by atomic mass is 10.2. The Hall–Kier alpha value is -2.74. The van der Waals surface area contributed by atoms with E-state index in [1.165, 1.54) is 28.2 Å². The number of aromatic nitrogens is 5. The Morgan fingerprint density at radius 1 is 1.14 bits per heavy atom. The summed E-state index contributed by atoms with van der Waals surface area (Å²) in [5.74, 6) is -0.304. The lowest BCUT2D eigenvalue weighted by molar-refractivity contribution is 0.111. The van der Waals surface area contributed by atoms with Crippen molar-refractivity contribution < 1.29 is 9.18 Å². The molecule has 0 radical (unpaired) electrons. The molecular weight excluding hydrogens is 305 g/mol. The maximum Gasteiger partial charge on any atom is 0.234 e. The third kappa shape index (κ3) is 2.82. The third-order valence-electron chi connectivity index (χ3n) is 2.84. The highest BCUT2D eigenvalue weighted by molar-refractivity contribution is 7.13. The summed E-state index contributed by atoms with van der Waals surface area (Å²) < 4.78 is 14.4. The van der Waals surface area contributed by atoms with E-state index in [4.69, 9.17) is 0 Å². The monoisotopic (exact) mass is 315 g/mol. The first-order valence-electron chi connectivity index (χ1n) is 6.32. The van der Waals surface area contributed by atoms with Crippen LogP contribution in [0.2, 0.25) is 0 Å². The quantitative estimate of drug-likeness (QED) is 0.692. The number of aryl methyl sites for hydroxylation is 1. The van der Waals surface area contributed by atoms with E-state index in [0.29, 0.717) is 17.1 Å². The second-order valence-corrected chi connectivity index (χ2v) is 5.54. The van der Waals surface area contributed by atoms with Crippen LogP contribution in [-0.2, 0) is 0 Å². The summed E-state index contributed by atoms with van der Waals surface area (Å²) in [6, 6.07) is 6.00. The normalized spacial score (nSPS) is 11.2. The van der Waals surface area contributed by atoms with Gasteiger partial charge in [0.1, 0.15) is 16.5 Å². The molecule has 0 unspecified atom stereocenters. The Bertz CT molecular complexity index is 837. The average molecular weight is 315 g/mol. The van der Waals surface area contributed by atoms with Crippen molar-refractivity contribution in [1.29, 1.82) is 0 Å². The molecule has 110 valence electrons. The molecule has 0 N–H and O–H groups in total. The van der Waals surface area contributed by atoms with Crippen molar-refractivity contribution in [2.24, 2.45) is 0 Å². The molecule has 2 aromatic heterocycles. The molecule has 6 nitrogen and oxygen atoms in total. The average Bonchev–Trinajstić information content (AvgIpc) is 3.12. The molecule has 0 aliphatic rings. The van der Waals surface area contributed by atoms with Gasteiger partial charge in [-0.3, -0.25) is 4.79 Å². The van der Waals surface area contributed by atoms with Gasteiger partial charge in [-0.1, -0.05) is 34.8 Å². The van der Waals surface area contributed by atoms with Gasteiger partial charge in [0.25, 0.3) is 0 Å². The molecule has 22 heavy (non-hydrogen) atoms. The van der Waals surface area contributed by atoms with E-state index >= 15 is 0 Å². The summed E-state index contributed by atoms with van der Waals surface area (Å²) in [4.78, 5) is 11.1. The molecule has 0 fully saturated rings. The Labute approximate surface area is 128 Å². The van der Waals surface area contributed by atoms with Crippen LogP contribution < -0.4 is 0 Å². The van der Waals surface area contributed by atoms with Gasteiger partial charge in [-0.2, -0.15) is 4.68 Å². The zero-order valence-corrected chi connectivity index (χ0v) is 12.3. The van der Waals surface area contributed by atoms with Gasteiger partial charge in [-0.25, -0.2) is 4.39 Å². The Balaban J connectivity index is 2.00. The lowest BCUT2D eigenvalue weighted by Crippen LogP contribution is -1.99. The van der Waals surface area contributed by atoms with Gasteiger partial charge in [-0.15, -0.1) is 15.3 Å². The second-order valence-electron chi connectivity index (χ2n) is 4.38. The maximum absolute atomic E-state index is 12.9. The number of benzene rings is 1. The van der Waals surface area contributed by atoms with Crippen molar-refractivity contribution in [1.82, 2.24) is 25.2 Å². The van der Waals surface area contributed by atoms with E-state index in [-0.39, 0.29) is 11.5 Å². The minimum Gasteiger partial charge on any atom is -0.296 e. The second kappa shape index (κ2) is 5.94. The first kappa shape index (κ1) is 14.2. The summed E-state index contributed by atoms with van der Waals surface area (Å²) in [6.45, 7) is 1.83. The zero-order chi connectivity index (χ0) is 15.5. The third-order valence-corrected chi connectivity index (χ3v) is 3.66. The number of rotatable bonds is 4. The van der Waals surface area contributed by atoms with Crippen molar-refractivity contribution >= 4 is 29.8 Å². The molecule has 0 spiro atoms. The number of hydrogen-bond donors (Lipinski definition) is 0. The van der Waals surface area contributed by atoms with Crippen LogP contribution in [0.5, 0.6) is 0 Å². The first-order valence-corrected chi connectivity index (χ1v) is 7.14. The molecule has 0 amide bonds. The van der Waals surface area contributed by atoms with Crippen molar-refractivity contribution in [3.8, 4) is 5.13 Å². The van der Waals surface area contributed by atoms with Crippen molar-refractivity contribution in [2.75, 3.05) is 0 Å². The lowest BCUT2D eigenvalue weighted by Gasteiger charge is -1.98. The molecule has 3 aromatic rings. The van der Waals surface area contributed by atoms with Crippen molar-refractivity contribution in [3.63, 3.8) is 0 Å². The number of hydrogen-bond acceptors (Lipinski definition) is 6. The maximum atomic E-state index is 12.9. The molecule has 2 heterocycles. The molecule has 0 aliphatic heterocycles. The van der Waals surface area contributed by atoms with E-state index in [0.717, 1.165) is 10.6 Å². The van der Waals surface area contributed by atoms with E-state index in [9.17, 15) is 9.18 Å². The molecule has 0 aliphatic carbocycles. The molecule has 1 aromatic carbocycles. The molecule has 0 saturated carbocycles. The van der Waals surface area contributed by atoms with E-state index < -0.39 is 0 Å². The SMILES string of the molecule is Cc1nnc(-n2nnc(C=O)c2/C=C/c2ccc(F)cc2)s1. The largest absolute Gasteiger partial charge is 0.296 e. The molecule has 3 rings (SSSR count). The Morgan fingerprint density at radius 2 is 1.91 bits per heavy atom. The van der Waals surface area contributed by atoms with Crippen molar-refractivity contribution in [2.45, 2.75) is 6.92 Å². The van der Waals surface area contributed by atoms with Crippen LogP contribution >= 0.6 is 11.3 Å². The smallest absolute Gasteiger partial charge is 0.234 e. The van der Waals surface area contributed by atoms with Gasteiger partial charge in [0, 0.05) is 0 Å². The van der Waals surface area contributed by atoms with Crippen LogP contribution in [0.3, 0.4) is 0 Å². The number of halogens is 1. The molecule has 0 bridgehead atoms. The fourth-order valence-corrected chi connectivity index (χ4v) is 2.45. The van der Waals surface area contributed by atoms with Gasteiger partial charge in [0.2, 0.25) is 5.13 Å². The number of carbonyl (C=O) groups excluding carboxylic acids is 1. The minimum absolute atomic E-state index is 0.200. The highest BCUT2D eigenvalue weighted by Gasteiger charge is 2.14. The van der Waals surface area contributed by atoms with Gasteiger partial charge in [-0.05, 0) is 30.7 Å². The van der Waals surface area contributed by atoms with Crippen LogP contribution in [0.1, 0.15) is 26.8 Å². The number of aldehydes is 1. The summed E-state index contributed by atoms with van der Waals surface area (Å²) in [6.07, 6.45) is 4.06. The van der Waals surface area contributed by atoms with E-state index in [2.05, 4.69) is 20.5 Å². The van der Waals surface area contributed by atoms with E-state index in [1.807, 2.05) is 6.92 Å². The highest BCUT2D eigenvalue weighted by atomic mass is 32.1. The van der Waals surface area contributed by atoms with Crippen LogP contribution in [0.25, 0.3) is 17.3 Å². The summed E-state index contributed by atoms with van der Waals surface area (Å²) in [5, 5.41) is 17.0. The highest BCUT2D eigenvalue weighted by Crippen LogP contribution is 2.18. The molecule has 0 atom stereocenters. The number of nitrogens with zero attached hydrogens (tertiary/aromatic N) is 5. The Morgan fingerprint density at radius 3 is 2.55 bits per heavy atom. The fraction of sp³-hybridized carbons (Fsp3) is 0.0714. The van der Waals surface area contributed by atoms with Crippen LogP contribution in [0, 0.1) is 12.7 Å². The molecule has 8 heteroatoms. The summed E-state index contributed by atoms with van der Waals surface area (Å²) in [7, 11) is 0. The van der Waals surface area contributed by atoms with Crippen molar-refractivity contribution in [3.05, 3.63) is 52.0 Å². The Kier molecular flexibility index (Phi) is 3.84. The van der Waals surface area contributed by atoms with Gasteiger partial charge < -0.3 is 0 Å². The van der Waals surface area contributed by atoms with Crippen LogP contribution in [0.4, 0.5) is 4.39 Å². The van der Waals surface area contributed by atoms with Crippen LogP contribution in [0.15, 0.2) is 24.3 Å².